The Balaban J connectivity index is 1.25. The number of alkyl halides is 3. The van der Waals surface area contributed by atoms with Gasteiger partial charge in [-0.2, -0.15) is 13.2 Å². The summed E-state index contributed by atoms with van der Waals surface area (Å²) in [6, 6.07) is 10.5. The highest BCUT2D eigenvalue weighted by Crippen LogP contribution is 2.43. The SMILES string of the molecule is CC1=C(CN2CC(C(=O)O)C2)CCc2cc(OCc3ccc(C4CCC4)c(C(F)(F)F)c3)ccc21. The van der Waals surface area contributed by atoms with E-state index in [-0.39, 0.29) is 18.4 Å². The number of allylic oxidation sites excluding steroid dienone is 1. The zero-order chi connectivity index (χ0) is 24.7. The number of aliphatic carboxylic acids is 1. The van der Waals surface area contributed by atoms with Crippen molar-refractivity contribution < 1.29 is 27.8 Å². The smallest absolute Gasteiger partial charge is 0.416 e. The fraction of sp³-hybridized carbons (Fsp3) is 0.464. The zero-order valence-corrected chi connectivity index (χ0v) is 19.8. The van der Waals surface area contributed by atoms with E-state index < -0.39 is 17.7 Å². The van der Waals surface area contributed by atoms with E-state index in [1.165, 1.54) is 22.8 Å². The Morgan fingerprint density at radius 2 is 1.89 bits per heavy atom. The van der Waals surface area contributed by atoms with Crippen molar-refractivity contribution in [2.75, 3.05) is 19.6 Å². The number of carboxylic acid groups (broad SMARTS) is 1. The van der Waals surface area contributed by atoms with Crippen molar-refractivity contribution in [3.05, 3.63) is 69.8 Å². The van der Waals surface area contributed by atoms with E-state index in [1.54, 1.807) is 12.1 Å². The second-order valence-electron chi connectivity index (χ2n) is 10.1. The summed E-state index contributed by atoms with van der Waals surface area (Å²) in [7, 11) is 0. The zero-order valence-electron chi connectivity index (χ0n) is 19.8. The summed E-state index contributed by atoms with van der Waals surface area (Å²) in [4.78, 5) is 13.2. The lowest BCUT2D eigenvalue weighted by molar-refractivity contribution is -0.147. The van der Waals surface area contributed by atoms with Gasteiger partial charge in [0, 0.05) is 19.6 Å². The molecule has 186 valence electrons. The number of rotatable bonds is 7. The van der Waals surface area contributed by atoms with Gasteiger partial charge in [-0.05, 0) is 84.6 Å². The van der Waals surface area contributed by atoms with Crippen molar-refractivity contribution in [1.82, 2.24) is 4.90 Å². The van der Waals surface area contributed by atoms with Gasteiger partial charge in [0.05, 0.1) is 11.5 Å². The second-order valence-corrected chi connectivity index (χ2v) is 10.1. The normalized spacial score (nSPS) is 19.2. The van der Waals surface area contributed by atoms with Gasteiger partial charge in [0.15, 0.2) is 0 Å². The number of halogens is 3. The van der Waals surface area contributed by atoms with Gasteiger partial charge < -0.3 is 9.84 Å². The van der Waals surface area contributed by atoms with Gasteiger partial charge >= 0.3 is 12.1 Å². The quantitative estimate of drug-likeness (QED) is 0.501. The number of hydrogen-bond acceptors (Lipinski definition) is 3. The highest BCUT2D eigenvalue weighted by molar-refractivity contribution is 5.73. The minimum Gasteiger partial charge on any atom is -0.489 e. The molecule has 0 bridgehead atoms. The number of hydrogen-bond donors (Lipinski definition) is 1. The molecule has 2 aliphatic carbocycles. The van der Waals surface area contributed by atoms with Gasteiger partial charge in [0.2, 0.25) is 0 Å². The molecule has 5 rings (SSSR count). The van der Waals surface area contributed by atoms with E-state index in [1.807, 2.05) is 18.2 Å². The van der Waals surface area contributed by atoms with Crippen molar-refractivity contribution in [1.29, 1.82) is 0 Å². The average molecular weight is 486 g/mol. The Labute approximate surface area is 203 Å². The van der Waals surface area contributed by atoms with Crippen molar-refractivity contribution >= 4 is 11.5 Å². The van der Waals surface area contributed by atoms with Crippen LogP contribution in [0, 0.1) is 5.92 Å². The largest absolute Gasteiger partial charge is 0.489 e. The van der Waals surface area contributed by atoms with Crippen LogP contribution in [-0.4, -0.2) is 35.6 Å². The molecule has 3 aliphatic rings. The molecule has 2 aromatic rings. The molecule has 0 aromatic heterocycles. The number of carboxylic acids is 1. The van der Waals surface area contributed by atoms with Crippen LogP contribution in [0.4, 0.5) is 13.2 Å². The Morgan fingerprint density at radius 3 is 2.54 bits per heavy atom. The maximum Gasteiger partial charge on any atom is 0.416 e. The minimum absolute atomic E-state index is 0.0168. The highest BCUT2D eigenvalue weighted by atomic mass is 19.4. The van der Waals surface area contributed by atoms with Crippen LogP contribution in [0.2, 0.25) is 0 Å². The van der Waals surface area contributed by atoms with E-state index in [0.717, 1.165) is 44.2 Å². The lowest BCUT2D eigenvalue weighted by Gasteiger charge is -2.38. The van der Waals surface area contributed by atoms with Gasteiger partial charge in [-0.25, -0.2) is 0 Å². The third kappa shape index (κ3) is 4.96. The standard InChI is InChI=1S/C28H30F3NO3/c1-17-21(13-32-14-22(15-32)27(33)34)7-6-20-12-23(8-10-24(17)20)35-16-18-5-9-25(19-3-2-4-19)26(11-18)28(29,30)31/h5,8-12,19,22H,2-4,6-7,13-16H2,1H3,(H,33,34). The van der Waals surface area contributed by atoms with Gasteiger partial charge in [0.25, 0.3) is 0 Å². The molecular formula is C28H30F3NO3. The number of carbonyl (C=O) groups is 1. The number of likely N-dealkylation sites (tertiary alicyclic amines) is 1. The van der Waals surface area contributed by atoms with Crippen LogP contribution in [0.25, 0.3) is 5.57 Å². The lowest BCUT2D eigenvalue weighted by Crippen LogP contribution is -2.50. The van der Waals surface area contributed by atoms with E-state index in [4.69, 9.17) is 9.84 Å². The molecule has 7 heteroatoms. The first-order valence-electron chi connectivity index (χ1n) is 12.3. The van der Waals surface area contributed by atoms with Gasteiger partial charge in [-0.15, -0.1) is 0 Å². The topological polar surface area (TPSA) is 49.8 Å². The maximum absolute atomic E-state index is 13.7. The highest BCUT2D eigenvalue weighted by Gasteiger charge is 2.37. The summed E-state index contributed by atoms with van der Waals surface area (Å²) < 4.78 is 46.9. The Morgan fingerprint density at radius 1 is 1.11 bits per heavy atom. The van der Waals surface area contributed by atoms with Crippen LogP contribution in [0.15, 0.2) is 42.0 Å². The van der Waals surface area contributed by atoms with E-state index in [9.17, 15) is 18.0 Å². The van der Waals surface area contributed by atoms with E-state index in [2.05, 4.69) is 11.8 Å². The number of aryl methyl sites for hydroxylation is 1. The summed E-state index contributed by atoms with van der Waals surface area (Å²) in [6.07, 6.45) is 0.0521. The molecular weight excluding hydrogens is 455 g/mol. The van der Waals surface area contributed by atoms with Crippen LogP contribution >= 0.6 is 0 Å². The maximum atomic E-state index is 13.7. The number of fused-ring (bicyclic) bond motifs is 1. The van der Waals surface area contributed by atoms with Gasteiger partial charge in [-0.1, -0.05) is 30.2 Å². The molecule has 1 N–H and O–H groups in total. The second kappa shape index (κ2) is 9.34. The predicted molar refractivity (Wildman–Crippen MR) is 127 cm³/mol. The van der Waals surface area contributed by atoms with Gasteiger partial charge in [0.1, 0.15) is 12.4 Å². The molecule has 0 unspecified atom stereocenters. The summed E-state index contributed by atoms with van der Waals surface area (Å²) in [6.45, 7) is 4.19. The Hall–Kier alpha value is -2.80. The molecule has 0 radical (unpaired) electrons. The summed E-state index contributed by atoms with van der Waals surface area (Å²) in [5, 5.41) is 9.08. The van der Waals surface area contributed by atoms with Crippen LogP contribution in [-0.2, 0) is 24.0 Å². The first-order valence-corrected chi connectivity index (χ1v) is 12.3. The molecule has 2 fully saturated rings. The van der Waals surface area contributed by atoms with Crippen LogP contribution in [0.3, 0.4) is 0 Å². The molecule has 2 aromatic carbocycles. The molecule has 1 saturated carbocycles. The molecule has 1 heterocycles. The summed E-state index contributed by atoms with van der Waals surface area (Å²) >= 11 is 0. The molecule has 0 amide bonds. The van der Waals surface area contributed by atoms with Crippen molar-refractivity contribution in [2.45, 2.75) is 57.7 Å². The minimum atomic E-state index is -4.36. The molecule has 0 atom stereocenters. The summed E-state index contributed by atoms with van der Waals surface area (Å²) in [5.74, 6) is -0.308. The van der Waals surface area contributed by atoms with Crippen molar-refractivity contribution in [3.63, 3.8) is 0 Å². The Kier molecular flexibility index (Phi) is 6.38. The third-order valence-corrected chi connectivity index (χ3v) is 7.80. The van der Waals surface area contributed by atoms with Crippen LogP contribution in [0.1, 0.15) is 66.3 Å². The van der Waals surface area contributed by atoms with Crippen LogP contribution < -0.4 is 4.74 Å². The number of ether oxygens (including phenoxy) is 1. The molecule has 4 nitrogen and oxygen atoms in total. The van der Waals surface area contributed by atoms with E-state index >= 15 is 0 Å². The third-order valence-electron chi connectivity index (χ3n) is 7.80. The fourth-order valence-electron chi connectivity index (χ4n) is 5.40. The first kappa shape index (κ1) is 23.9. The average Bonchev–Trinajstić information content (AvgIpc) is 2.74. The molecule has 1 aliphatic heterocycles. The predicted octanol–water partition coefficient (Wildman–Crippen LogP) is 6.29. The molecule has 35 heavy (non-hydrogen) atoms. The Bertz CT molecular complexity index is 1160. The first-order chi connectivity index (χ1) is 16.7. The number of benzene rings is 2. The number of nitrogens with zero attached hydrogens (tertiary/aromatic N) is 1. The fourth-order valence-corrected chi connectivity index (χ4v) is 5.40. The van der Waals surface area contributed by atoms with Crippen molar-refractivity contribution in [3.8, 4) is 5.75 Å². The van der Waals surface area contributed by atoms with E-state index in [0.29, 0.717) is 30.0 Å². The molecule has 0 spiro atoms. The summed E-state index contributed by atoms with van der Waals surface area (Å²) in [5.41, 5.74) is 5.30. The monoisotopic (exact) mass is 485 g/mol. The lowest BCUT2D eigenvalue weighted by atomic mass is 9.78. The molecule has 1 saturated heterocycles. The van der Waals surface area contributed by atoms with Gasteiger partial charge in [-0.3, -0.25) is 9.69 Å². The van der Waals surface area contributed by atoms with Crippen molar-refractivity contribution in [2.24, 2.45) is 5.92 Å². The van der Waals surface area contributed by atoms with Crippen LogP contribution in [0.5, 0.6) is 5.75 Å².